The Bertz CT molecular complexity index is 723. The van der Waals surface area contributed by atoms with Crippen LogP contribution in [0.15, 0.2) is 43.0 Å². The Hall–Kier alpha value is -2.27. The van der Waals surface area contributed by atoms with Crippen molar-refractivity contribution >= 4 is 11.0 Å². The fourth-order valence-electron chi connectivity index (χ4n) is 2.47. The molecule has 5 nitrogen and oxygen atoms in total. The molecule has 3 aromatic heterocycles. The molecule has 3 rings (SSSR count). The van der Waals surface area contributed by atoms with Crippen LogP contribution in [0.25, 0.3) is 11.0 Å². The Morgan fingerprint density at radius 2 is 2.05 bits per heavy atom. The molecule has 0 amide bonds. The third kappa shape index (κ3) is 2.78. The number of hydrogen-bond donors (Lipinski definition) is 1. The lowest BCUT2D eigenvalue weighted by Crippen LogP contribution is -2.09. The fourth-order valence-corrected chi connectivity index (χ4v) is 2.47. The molecule has 5 heteroatoms. The first kappa shape index (κ1) is 13.7. The van der Waals surface area contributed by atoms with Gasteiger partial charge in [-0.1, -0.05) is 0 Å². The second kappa shape index (κ2) is 6.01. The Morgan fingerprint density at radius 1 is 1.24 bits per heavy atom. The molecule has 0 bridgehead atoms. The van der Waals surface area contributed by atoms with Crippen molar-refractivity contribution in [1.82, 2.24) is 19.7 Å². The number of rotatable bonds is 5. The van der Waals surface area contributed by atoms with Crippen molar-refractivity contribution in [1.29, 1.82) is 0 Å². The molecule has 1 atom stereocenters. The van der Waals surface area contributed by atoms with Gasteiger partial charge in [0.2, 0.25) is 0 Å². The van der Waals surface area contributed by atoms with Gasteiger partial charge < -0.3 is 5.11 Å². The predicted molar refractivity (Wildman–Crippen MR) is 81.0 cm³/mol. The average Bonchev–Trinajstić information content (AvgIpc) is 2.96. The van der Waals surface area contributed by atoms with Crippen LogP contribution in [-0.2, 0) is 6.42 Å². The monoisotopic (exact) mass is 282 g/mol. The van der Waals surface area contributed by atoms with Crippen molar-refractivity contribution < 1.29 is 5.11 Å². The lowest BCUT2D eigenvalue weighted by Gasteiger charge is -2.13. The third-order valence-corrected chi connectivity index (χ3v) is 3.67. The Labute approximate surface area is 123 Å². The van der Waals surface area contributed by atoms with E-state index in [4.69, 9.17) is 5.11 Å². The van der Waals surface area contributed by atoms with E-state index < -0.39 is 0 Å². The molecule has 0 radical (unpaired) electrons. The molecule has 0 aliphatic heterocycles. The largest absolute Gasteiger partial charge is 0.396 e. The van der Waals surface area contributed by atoms with E-state index in [0.29, 0.717) is 0 Å². The second-order valence-corrected chi connectivity index (χ2v) is 5.13. The third-order valence-electron chi connectivity index (χ3n) is 3.67. The number of aliphatic hydroxyl groups excluding tert-OH is 1. The predicted octanol–water partition coefficient (Wildman–Crippen LogP) is 2.36. The highest BCUT2D eigenvalue weighted by Crippen LogP contribution is 2.22. The van der Waals surface area contributed by atoms with Gasteiger partial charge in [0, 0.05) is 30.6 Å². The van der Waals surface area contributed by atoms with Crippen LogP contribution < -0.4 is 0 Å². The summed E-state index contributed by atoms with van der Waals surface area (Å²) in [5.41, 5.74) is 3.17. The number of aromatic nitrogens is 4. The van der Waals surface area contributed by atoms with Gasteiger partial charge in [-0.3, -0.25) is 4.98 Å². The van der Waals surface area contributed by atoms with Gasteiger partial charge in [0.25, 0.3) is 0 Å². The molecule has 0 aliphatic carbocycles. The van der Waals surface area contributed by atoms with Crippen molar-refractivity contribution in [3.05, 3.63) is 54.1 Å². The molecule has 3 aromatic rings. The number of aryl methyl sites for hydroxylation is 1. The van der Waals surface area contributed by atoms with E-state index in [0.717, 1.165) is 35.0 Å². The molecule has 21 heavy (non-hydrogen) atoms. The van der Waals surface area contributed by atoms with Crippen molar-refractivity contribution in [2.75, 3.05) is 6.61 Å². The zero-order valence-corrected chi connectivity index (χ0v) is 12.0. The van der Waals surface area contributed by atoms with Gasteiger partial charge in [-0.15, -0.1) is 0 Å². The summed E-state index contributed by atoms with van der Waals surface area (Å²) in [5, 5.41) is 14.4. The molecule has 0 fully saturated rings. The lowest BCUT2D eigenvalue weighted by molar-refractivity contribution is 0.288. The molecule has 0 aromatic carbocycles. The van der Waals surface area contributed by atoms with Crippen molar-refractivity contribution in [3.63, 3.8) is 0 Å². The van der Waals surface area contributed by atoms with Gasteiger partial charge in [0.15, 0.2) is 5.65 Å². The number of nitrogens with zero attached hydrogens (tertiary/aromatic N) is 4. The first-order valence-corrected chi connectivity index (χ1v) is 7.12. The molecule has 0 saturated carbocycles. The summed E-state index contributed by atoms with van der Waals surface area (Å²) in [5.74, 6) is 0. The average molecular weight is 282 g/mol. The number of hydrogen-bond acceptors (Lipinski definition) is 4. The zero-order valence-electron chi connectivity index (χ0n) is 12.0. The van der Waals surface area contributed by atoms with E-state index in [2.05, 4.69) is 28.1 Å². The summed E-state index contributed by atoms with van der Waals surface area (Å²) in [7, 11) is 0. The molecule has 108 valence electrons. The Kier molecular flexibility index (Phi) is 3.92. The van der Waals surface area contributed by atoms with Crippen molar-refractivity contribution in [3.8, 4) is 0 Å². The molecule has 1 unspecified atom stereocenters. The Balaban J connectivity index is 1.93. The van der Waals surface area contributed by atoms with Gasteiger partial charge in [0.05, 0.1) is 12.2 Å². The summed E-state index contributed by atoms with van der Waals surface area (Å²) >= 11 is 0. The van der Waals surface area contributed by atoms with E-state index in [1.54, 1.807) is 12.4 Å². The minimum Gasteiger partial charge on any atom is -0.396 e. The molecule has 0 saturated heterocycles. The van der Waals surface area contributed by atoms with E-state index in [1.165, 1.54) is 0 Å². The molecule has 0 spiro atoms. The summed E-state index contributed by atoms with van der Waals surface area (Å²) in [4.78, 5) is 8.59. The maximum atomic E-state index is 8.90. The quantitative estimate of drug-likeness (QED) is 0.780. The minimum absolute atomic E-state index is 0.112. The highest BCUT2D eigenvalue weighted by Gasteiger charge is 2.13. The van der Waals surface area contributed by atoms with Gasteiger partial charge >= 0.3 is 0 Å². The standard InChI is InChI=1S/C16H18N4O/c1-12(14-4-6-17-7-5-14)20-16-15(11-19-20)9-13(10-18-16)3-2-8-21/h4-7,9-12,21H,2-3,8H2,1H3. The number of aliphatic hydroxyl groups is 1. The lowest BCUT2D eigenvalue weighted by atomic mass is 10.1. The van der Waals surface area contributed by atoms with Crippen LogP contribution in [0.1, 0.15) is 30.5 Å². The normalized spacial score (nSPS) is 12.7. The SMILES string of the molecule is CC(c1ccncc1)n1ncc2cc(CCCO)cnc21. The topological polar surface area (TPSA) is 63.8 Å². The van der Waals surface area contributed by atoms with E-state index >= 15 is 0 Å². The zero-order chi connectivity index (χ0) is 14.7. The smallest absolute Gasteiger partial charge is 0.158 e. The van der Waals surface area contributed by atoms with Crippen LogP contribution in [0.3, 0.4) is 0 Å². The maximum absolute atomic E-state index is 8.90. The highest BCUT2D eigenvalue weighted by molar-refractivity contribution is 5.75. The van der Waals surface area contributed by atoms with Gasteiger partial charge in [-0.2, -0.15) is 5.10 Å². The van der Waals surface area contributed by atoms with E-state index in [-0.39, 0.29) is 12.6 Å². The number of fused-ring (bicyclic) bond motifs is 1. The van der Waals surface area contributed by atoms with Crippen molar-refractivity contribution in [2.24, 2.45) is 0 Å². The minimum atomic E-state index is 0.112. The summed E-state index contributed by atoms with van der Waals surface area (Å²) in [6.45, 7) is 2.31. The van der Waals surface area contributed by atoms with Crippen LogP contribution >= 0.6 is 0 Å². The summed E-state index contributed by atoms with van der Waals surface area (Å²) in [6, 6.07) is 6.20. The summed E-state index contributed by atoms with van der Waals surface area (Å²) < 4.78 is 1.93. The Morgan fingerprint density at radius 3 is 2.81 bits per heavy atom. The maximum Gasteiger partial charge on any atom is 0.158 e. The van der Waals surface area contributed by atoms with Gasteiger partial charge in [0.1, 0.15) is 0 Å². The first-order valence-electron chi connectivity index (χ1n) is 7.12. The van der Waals surface area contributed by atoms with E-state index in [1.807, 2.05) is 29.2 Å². The van der Waals surface area contributed by atoms with Crippen LogP contribution in [-0.4, -0.2) is 31.5 Å². The number of pyridine rings is 2. The van der Waals surface area contributed by atoms with Crippen LogP contribution in [0, 0.1) is 0 Å². The molecular weight excluding hydrogens is 264 g/mol. The molecule has 0 aliphatic rings. The summed E-state index contributed by atoms with van der Waals surface area (Å²) in [6.07, 6.45) is 8.90. The van der Waals surface area contributed by atoms with Gasteiger partial charge in [-0.05, 0) is 49.1 Å². The van der Waals surface area contributed by atoms with Crippen LogP contribution in [0.4, 0.5) is 0 Å². The van der Waals surface area contributed by atoms with Crippen LogP contribution in [0.2, 0.25) is 0 Å². The first-order chi connectivity index (χ1) is 10.3. The molecule has 1 N–H and O–H groups in total. The highest BCUT2D eigenvalue weighted by atomic mass is 16.2. The van der Waals surface area contributed by atoms with Gasteiger partial charge in [-0.25, -0.2) is 9.67 Å². The second-order valence-electron chi connectivity index (χ2n) is 5.13. The van der Waals surface area contributed by atoms with Crippen LogP contribution in [0.5, 0.6) is 0 Å². The fraction of sp³-hybridized carbons (Fsp3) is 0.312. The molecule has 3 heterocycles. The van der Waals surface area contributed by atoms with E-state index in [9.17, 15) is 0 Å². The molecular formula is C16H18N4O. The van der Waals surface area contributed by atoms with Crippen molar-refractivity contribution in [2.45, 2.75) is 25.8 Å².